The van der Waals surface area contributed by atoms with Crippen molar-refractivity contribution in [3.63, 3.8) is 0 Å². The molecule has 0 aliphatic carbocycles. The van der Waals surface area contributed by atoms with Gasteiger partial charge in [0.15, 0.2) is 5.78 Å². The van der Waals surface area contributed by atoms with E-state index >= 15 is 0 Å². The molecule has 1 aromatic rings. The molecular weight excluding hydrogens is 194 g/mol. The molecule has 0 saturated carbocycles. The van der Waals surface area contributed by atoms with Crippen molar-refractivity contribution < 1.29 is 9.59 Å². The quantitative estimate of drug-likeness (QED) is 0.579. The molecule has 76 valence electrons. The third kappa shape index (κ3) is 2.19. The van der Waals surface area contributed by atoms with Crippen LogP contribution in [-0.2, 0) is 4.79 Å². The summed E-state index contributed by atoms with van der Waals surface area (Å²) in [4.78, 5) is 22.2. The van der Waals surface area contributed by atoms with Crippen molar-refractivity contribution in [3.8, 4) is 0 Å². The molecule has 0 fully saturated rings. The van der Waals surface area contributed by atoms with Crippen LogP contribution < -0.4 is 0 Å². The van der Waals surface area contributed by atoms with Gasteiger partial charge in [-0.05, 0) is 6.07 Å². The van der Waals surface area contributed by atoms with Gasteiger partial charge >= 0.3 is 0 Å². The highest BCUT2D eigenvalue weighted by Crippen LogP contribution is 2.11. The first-order chi connectivity index (χ1) is 7.07. The van der Waals surface area contributed by atoms with E-state index in [0.717, 1.165) is 0 Å². The lowest BCUT2D eigenvalue weighted by Gasteiger charge is -2.04. The molecule has 0 aliphatic heterocycles. The maximum atomic E-state index is 11.2. The summed E-state index contributed by atoms with van der Waals surface area (Å²) in [5, 5.41) is 10.3. The van der Waals surface area contributed by atoms with Crippen LogP contribution in [0.25, 0.3) is 0 Å². The fraction of sp³-hybridized carbons (Fsp3) is 0.100. The van der Waals surface area contributed by atoms with Crippen molar-refractivity contribution in [3.05, 3.63) is 35.4 Å². The monoisotopic (exact) mass is 203 g/mol. The Morgan fingerprint density at radius 2 is 1.73 bits per heavy atom. The lowest BCUT2D eigenvalue weighted by atomic mass is 10.0. The maximum Gasteiger partial charge on any atom is 0.295 e. The van der Waals surface area contributed by atoms with Crippen molar-refractivity contribution in [2.75, 3.05) is 0 Å². The molecule has 0 aliphatic rings. The summed E-state index contributed by atoms with van der Waals surface area (Å²) in [5.74, 6) is -1.18. The van der Waals surface area contributed by atoms with Gasteiger partial charge in [0, 0.05) is 12.5 Å². The molecule has 1 aromatic carbocycles. The number of hydrogen-bond donors (Lipinski definition) is 2. The summed E-state index contributed by atoms with van der Waals surface area (Å²) in [6.45, 7) is 1.25. The first-order valence-corrected chi connectivity index (χ1v) is 4.18. The van der Waals surface area contributed by atoms with E-state index in [9.17, 15) is 9.59 Å². The van der Waals surface area contributed by atoms with Crippen LogP contribution >= 0.6 is 0 Å². The van der Waals surface area contributed by atoms with Gasteiger partial charge in [-0.3, -0.25) is 15.0 Å². The van der Waals surface area contributed by atoms with Crippen LogP contribution in [-0.4, -0.2) is 17.4 Å². The Morgan fingerprint density at radius 3 is 2.20 bits per heavy atom. The normalized spacial score (nSPS) is 9.40. The second kappa shape index (κ2) is 4.36. The fourth-order valence-corrected chi connectivity index (χ4v) is 1.14. The van der Waals surface area contributed by atoms with Gasteiger partial charge < -0.3 is 0 Å². The molecule has 0 unspecified atom stereocenters. The number of ketones is 1. The fourth-order valence-electron chi connectivity index (χ4n) is 1.14. The molecule has 1 rings (SSSR count). The van der Waals surface area contributed by atoms with Gasteiger partial charge in [-0.25, -0.2) is 5.53 Å². The van der Waals surface area contributed by atoms with Crippen LogP contribution in [0.5, 0.6) is 0 Å². The number of Topliss-reactive ketones (excluding diaryl/α,β-unsaturated/α-hetero) is 1. The van der Waals surface area contributed by atoms with E-state index in [1.165, 1.54) is 19.1 Å². The zero-order valence-corrected chi connectivity index (χ0v) is 8.07. The van der Waals surface area contributed by atoms with Crippen molar-refractivity contribution in [2.45, 2.75) is 6.92 Å². The van der Waals surface area contributed by atoms with Crippen LogP contribution in [0.3, 0.4) is 0 Å². The number of nitrogens with zero attached hydrogens (tertiary/aromatic N) is 1. The average molecular weight is 203 g/mol. The summed E-state index contributed by atoms with van der Waals surface area (Å²) >= 11 is 0. The Morgan fingerprint density at radius 1 is 1.20 bits per heavy atom. The van der Waals surface area contributed by atoms with Gasteiger partial charge in [0.05, 0.1) is 5.56 Å². The van der Waals surface area contributed by atoms with Crippen LogP contribution in [0.15, 0.2) is 29.4 Å². The van der Waals surface area contributed by atoms with E-state index in [0.29, 0.717) is 0 Å². The molecule has 0 heterocycles. The predicted molar refractivity (Wildman–Crippen MR) is 53.4 cm³/mol. The number of carbonyl (C=O) groups excluding carboxylic acids is 2. The zero-order valence-electron chi connectivity index (χ0n) is 8.07. The zero-order chi connectivity index (χ0) is 11.4. The van der Waals surface area contributed by atoms with Crippen molar-refractivity contribution in [1.29, 1.82) is 10.9 Å². The van der Waals surface area contributed by atoms with E-state index < -0.39 is 11.7 Å². The minimum atomic E-state index is -0.753. The highest BCUT2D eigenvalue weighted by Gasteiger charge is 2.15. The smallest absolute Gasteiger partial charge is 0.295 e. The first-order valence-electron chi connectivity index (χ1n) is 4.18. The van der Waals surface area contributed by atoms with Gasteiger partial charge in [-0.2, -0.15) is 0 Å². The minimum absolute atomic E-state index is 0.104. The molecule has 5 nitrogen and oxygen atoms in total. The molecule has 0 spiro atoms. The van der Waals surface area contributed by atoms with Gasteiger partial charge in [0.1, 0.15) is 5.71 Å². The number of nitrogens with one attached hydrogen (secondary N) is 2. The van der Waals surface area contributed by atoms with Crippen LogP contribution in [0, 0.1) is 10.9 Å². The molecule has 2 N–H and O–H groups in total. The molecule has 0 radical (unpaired) electrons. The molecule has 0 saturated heterocycles. The third-order valence-corrected chi connectivity index (χ3v) is 1.88. The topological polar surface area (TPSA) is 94.2 Å². The molecule has 15 heavy (non-hydrogen) atoms. The molecule has 0 bridgehead atoms. The second-order valence-electron chi connectivity index (χ2n) is 2.89. The van der Waals surface area contributed by atoms with Gasteiger partial charge in [0.25, 0.3) is 5.91 Å². The number of amides is 1. The van der Waals surface area contributed by atoms with Crippen LogP contribution in [0.4, 0.5) is 0 Å². The lowest BCUT2D eigenvalue weighted by Crippen LogP contribution is -2.14. The minimum Gasteiger partial charge on any atom is -0.297 e. The van der Waals surface area contributed by atoms with E-state index in [1.54, 1.807) is 12.1 Å². The number of benzene rings is 1. The highest BCUT2D eigenvalue weighted by atomic mass is 16.1. The van der Waals surface area contributed by atoms with E-state index in [1.807, 2.05) is 0 Å². The SMILES string of the molecule is CC(=O)C(=N)c1ccccc1C(=O)N=N. The third-order valence-electron chi connectivity index (χ3n) is 1.88. The highest BCUT2D eigenvalue weighted by molar-refractivity contribution is 6.45. The number of rotatable bonds is 3. The largest absolute Gasteiger partial charge is 0.297 e. The summed E-state index contributed by atoms with van der Waals surface area (Å²) in [6, 6.07) is 6.14. The standard InChI is InChI=1S/C10H9N3O2/c1-6(14)9(11)7-4-2-3-5-8(7)10(15)13-12/h2-5,11-12H,1H3. The Hall–Kier alpha value is -2.17. The first kappa shape index (κ1) is 10.9. The number of hydrogen-bond acceptors (Lipinski definition) is 4. The Balaban J connectivity index is 3.29. The summed E-state index contributed by atoms with van der Waals surface area (Å²) in [6.07, 6.45) is 0. The van der Waals surface area contributed by atoms with Crippen molar-refractivity contribution >= 4 is 17.4 Å². The number of carbonyl (C=O) groups is 2. The molecular formula is C10H9N3O2. The van der Waals surface area contributed by atoms with Crippen molar-refractivity contribution in [1.82, 2.24) is 0 Å². The summed E-state index contributed by atoms with van der Waals surface area (Å²) in [5.41, 5.74) is 6.68. The van der Waals surface area contributed by atoms with Crippen molar-refractivity contribution in [2.24, 2.45) is 5.11 Å². The van der Waals surface area contributed by atoms with Gasteiger partial charge in [-0.15, -0.1) is 5.11 Å². The van der Waals surface area contributed by atoms with E-state index in [-0.39, 0.29) is 16.8 Å². The molecule has 0 atom stereocenters. The Labute approximate surface area is 86.1 Å². The van der Waals surface area contributed by atoms with E-state index in [4.69, 9.17) is 10.9 Å². The average Bonchev–Trinajstić information content (AvgIpc) is 2.27. The van der Waals surface area contributed by atoms with Gasteiger partial charge in [0.2, 0.25) is 0 Å². The van der Waals surface area contributed by atoms with Gasteiger partial charge in [-0.1, -0.05) is 18.2 Å². The Bertz CT molecular complexity index is 452. The second-order valence-corrected chi connectivity index (χ2v) is 2.89. The lowest BCUT2D eigenvalue weighted by molar-refractivity contribution is -0.111. The van der Waals surface area contributed by atoms with Crippen LogP contribution in [0.1, 0.15) is 22.8 Å². The van der Waals surface area contributed by atoms with Crippen LogP contribution in [0.2, 0.25) is 0 Å². The summed E-state index contributed by atoms with van der Waals surface area (Å²) < 4.78 is 0. The Kier molecular flexibility index (Phi) is 3.17. The molecule has 5 heteroatoms. The van der Waals surface area contributed by atoms with E-state index in [2.05, 4.69) is 5.11 Å². The molecule has 1 amide bonds. The maximum absolute atomic E-state index is 11.2. The molecule has 0 aromatic heterocycles. The predicted octanol–water partition coefficient (Wildman–Crippen LogP) is 1.81. The summed E-state index contributed by atoms with van der Waals surface area (Å²) in [7, 11) is 0.